The van der Waals surface area contributed by atoms with E-state index in [1.165, 1.54) is 0 Å². The largest absolute Gasteiger partial charge is 0.491 e. The van der Waals surface area contributed by atoms with Crippen LogP contribution in [0.2, 0.25) is 0 Å². The van der Waals surface area contributed by atoms with Gasteiger partial charge in [-0.1, -0.05) is 60.7 Å². The summed E-state index contributed by atoms with van der Waals surface area (Å²) in [7, 11) is 0. The number of aryl methyl sites for hydroxylation is 1. The van der Waals surface area contributed by atoms with Crippen molar-refractivity contribution in [2.24, 2.45) is 5.73 Å². The topological polar surface area (TPSA) is 96.0 Å². The highest BCUT2D eigenvalue weighted by atomic mass is 16.5. The first-order valence-electron chi connectivity index (χ1n) is 11.6. The number of aliphatic hydroxyl groups excluding tert-OH is 2. The van der Waals surface area contributed by atoms with Gasteiger partial charge in [0.1, 0.15) is 18.5 Å². The fourth-order valence-electron chi connectivity index (χ4n) is 3.86. The Morgan fingerprint density at radius 1 is 0.912 bits per heavy atom. The molecule has 6 heteroatoms. The van der Waals surface area contributed by atoms with Crippen molar-refractivity contribution in [3.05, 3.63) is 102 Å². The first-order valence-corrected chi connectivity index (χ1v) is 11.6. The molecule has 0 heterocycles. The maximum absolute atomic E-state index is 11.3. The predicted molar refractivity (Wildman–Crippen MR) is 134 cm³/mol. The van der Waals surface area contributed by atoms with Crippen molar-refractivity contribution in [2.75, 3.05) is 19.7 Å². The summed E-state index contributed by atoms with van der Waals surface area (Å²) in [5, 5.41) is 21.5. The summed E-state index contributed by atoms with van der Waals surface area (Å²) in [6.45, 7) is 3.04. The first-order chi connectivity index (χ1) is 16.4. The molecule has 3 rings (SSSR count). The molecule has 0 aromatic heterocycles. The molecular weight excluding hydrogens is 428 g/mol. The van der Waals surface area contributed by atoms with Gasteiger partial charge < -0.3 is 20.7 Å². The molecule has 0 aliphatic rings. The lowest BCUT2D eigenvalue weighted by Crippen LogP contribution is -2.43. The third kappa shape index (κ3) is 7.99. The highest BCUT2D eigenvalue weighted by Crippen LogP contribution is 2.19. The standard InChI is InChI=1S/C28H34N2O4/c1-21(12-13-22-14-16-24(17-15-22)28(29)33)30(19-27(32)23-8-4-2-5-9-23)18-25(31)20-34-26-10-6-3-7-11-26/h2-11,14-17,21,25,27,31-32H,12-13,18-20H2,1H3,(H2,29,33)/t21-,25+,27-/m1/s1. The molecule has 0 saturated carbocycles. The minimum absolute atomic E-state index is 0.0977. The van der Waals surface area contributed by atoms with Gasteiger partial charge in [0, 0.05) is 24.7 Å². The van der Waals surface area contributed by atoms with Crippen LogP contribution < -0.4 is 10.5 Å². The van der Waals surface area contributed by atoms with Crippen molar-refractivity contribution < 1.29 is 19.7 Å². The molecule has 34 heavy (non-hydrogen) atoms. The molecule has 0 fully saturated rings. The van der Waals surface area contributed by atoms with Crippen molar-refractivity contribution >= 4 is 5.91 Å². The summed E-state index contributed by atoms with van der Waals surface area (Å²) < 4.78 is 5.72. The summed E-state index contributed by atoms with van der Waals surface area (Å²) in [4.78, 5) is 13.4. The van der Waals surface area contributed by atoms with E-state index in [0.29, 0.717) is 24.4 Å². The fraction of sp³-hybridized carbons (Fsp3) is 0.321. The molecule has 3 atom stereocenters. The lowest BCUT2D eigenvalue weighted by molar-refractivity contribution is 0.0275. The van der Waals surface area contributed by atoms with Crippen LogP contribution >= 0.6 is 0 Å². The Labute approximate surface area is 201 Å². The van der Waals surface area contributed by atoms with Gasteiger partial charge in [0.2, 0.25) is 5.91 Å². The second kappa shape index (κ2) is 12.9. The number of rotatable bonds is 13. The minimum atomic E-state index is -0.708. The fourth-order valence-corrected chi connectivity index (χ4v) is 3.86. The number of hydrogen-bond donors (Lipinski definition) is 3. The Balaban J connectivity index is 1.62. The number of ether oxygens (including phenoxy) is 1. The summed E-state index contributed by atoms with van der Waals surface area (Å²) in [5.74, 6) is 0.276. The van der Waals surface area contributed by atoms with Crippen LogP contribution in [0, 0.1) is 0 Å². The first kappa shape index (κ1) is 25.4. The molecule has 0 saturated heterocycles. The summed E-state index contributed by atoms with van der Waals surface area (Å²) in [6.07, 6.45) is 0.250. The third-order valence-electron chi connectivity index (χ3n) is 5.94. The summed E-state index contributed by atoms with van der Waals surface area (Å²) in [6, 6.07) is 26.4. The van der Waals surface area contributed by atoms with E-state index < -0.39 is 18.1 Å². The molecule has 3 aromatic rings. The molecule has 180 valence electrons. The van der Waals surface area contributed by atoms with Crippen LogP contribution in [-0.2, 0) is 6.42 Å². The van der Waals surface area contributed by atoms with Crippen LogP contribution in [-0.4, -0.2) is 52.9 Å². The highest BCUT2D eigenvalue weighted by molar-refractivity contribution is 5.92. The second-order valence-corrected chi connectivity index (χ2v) is 8.61. The van der Waals surface area contributed by atoms with E-state index in [4.69, 9.17) is 10.5 Å². The SMILES string of the molecule is C[C@H](CCc1ccc(C(N)=O)cc1)N(C[C@H](O)COc1ccccc1)C[C@@H](O)c1ccccc1. The lowest BCUT2D eigenvalue weighted by Gasteiger charge is -2.33. The molecule has 0 spiro atoms. The Bertz CT molecular complexity index is 996. The van der Waals surface area contributed by atoms with Crippen molar-refractivity contribution in [1.29, 1.82) is 0 Å². The third-order valence-corrected chi connectivity index (χ3v) is 5.94. The summed E-state index contributed by atoms with van der Waals surface area (Å²) >= 11 is 0. The van der Waals surface area contributed by atoms with Crippen LogP contribution in [0.25, 0.3) is 0 Å². The maximum Gasteiger partial charge on any atom is 0.248 e. The number of aliphatic hydroxyl groups is 2. The van der Waals surface area contributed by atoms with Gasteiger partial charge in [0.05, 0.1) is 6.10 Å². The van der Waals surface area contributed by atoms with Gasteiger partial charge in [-0.15, -0.1) is 0 Å². The molecule has 4 N–H and O–H groups in total. The average Bonchev–Trinajstić information content (AvgIpc) is 2.87. The van der Waals surface area contributed by atoms with Gasteiger partial charge in [-0.25, -0.2) is 0 Å². The number of benzene rings is 3. The van der Waals surface area contributed by atoms with E-state index in [1.807, 2.05) is 72.8 Å². The second-order valence-electron chi connectivity index (χ2n) is 8.61. The van der Waals surface area contributed by atoms with E-state index >= 15 is 0 Å². The zero-order chi connectivity index (χ0) is 24.3. The van der Waals surface area contributed by atoms with E-state index in [0.717, 1.165) is 24.0 Å². The Hall–Kier alpha value is -3.19. The van der Waals surface area contributed by atoms with Gasteiger partial charge in [0.25, 0.3) is 0 Å². The summed E-state index contributed by atoms with van der Waals surface area (Å²) in [5.41, 5.74) is 7.77. The normalized spacial score (nSPS) is 13.9. The Morgan fingerprint density at radius 2 is 1.53 bits per heavy atom. The zero-order valence-electron chi connectivity index (χ0n) is 19.6. The highest BCUT2D eigenvalue weighted by Gasteiger charge is 2.22. The molecule has 0 bridgehead atoms. The van der Waals surface area contributed by atoms with Crippen LogP contribution in [0.1, 0.15) is 40.9 Å². The van der Waals surface area contributed by atoms with Gasteiger partial charge >= 0.3 is 0 Å². The molecule has 0 unspecified atom stereocenters. The molecule has 0 aliphatic carbocycles. The van der Waals surface area contributed by atoms with Crippen LogP contribution in [0.15, 0.2) is 84.9 Å². The van der Waals surface area contributed by atoms with Gasteiger partial charge in [-0.05, 0) is 55.2 Å². The van der Waals surface area contributed by atoms with E-state index in [2.05, 4.69) is 11.8 Å². The van der Waals surface area contributed by atoms with E-state index in [-0.39, 0.29) is 12.6 Å². The van der Waals surface area contributed by atoms with Crippen LogP contribution in [0.3, 0.4) is 0 Å². The van der Waals surface area contributed by atoms with Crippen molar-refractivity contribution in [3.63, 3.8) is 0 Å². The van der Waals surface area contributed by atoms with Gasteiger partial charge in [-0.3, -0.25) is 9.69 Å². The predicted octanol–water partition coefficient (Wildman–Crippen LogP) is 3.58. The lowest BCUT2D eigenvalue weighted by atomic mass is 10.0. The quantitative estimate of drug-likeness (QED) is 0.361. The average molecular weight is 463 g/mol. The number of amides is 1. The van der Waals surface area contributed by atoms with Crippen molar-refractivity contribution in [2.45, 2.75) is 38.0 Å². The zero-order valence-corrected chi connectivity index (χ0v) is 19.6. The Kier molecular flexibility index (Phi) is 9.64. The number of carbonyl (C=O) groups is 1. The molecule has 1 amide bonds. The Morgan fingerprint density at radius 3 is 2.15 bits per heavy atom. The molecular formula is C28H34N2O4. The number of nitrogens with two attached hydrogens (primary N) is 1. The van der Waals surface area contributed by atoms with Crippen molar-refractivity contribution in [3.8, 4) is 5.75 Å². The molecule has 0 aliphatic heterocycles. The molecule has 6 nitrogen and oxygen atoms in total. The van der Waals surface area contributed by atoms with E-state index in [9.17, 15) is 15.0 Å². The van der Waals surface area contributed by atoms with E-state index in [1.54, 1.807) is 12.1 Å². The van der Waals surface area contributed by atoms with Crippen LogP contribution in [0.4, 0.5) is 0 Å². The number of carbonyl (C=O) groups excluding carboxylic acids is 1. The van der Waals surface area contributed by atoms with Crippen LogP contribution in [0.5, 0.6) is 5.75 Å². The molecule has 0 radical (unpaired) electrons. The van der Waals surface area contributed by atoms with Crippen molar-refractivity contribution in [1.82, 2.24) is 4.90 Å². The number of primary amides is 1. The van der Waals surface area contributed by atoms with Gasteiger partial charge in [-0.2, -0.15) is 0 Å². The monoisotopic (exact) mass is 462 g/mol. The van der Waals surface area contributed by atoms with Gasteiger partial charge in [0.15, 0.2) is 0 Å². The molecule has 3 aromatic carbocycles. The minimum Gasteiger partial charge on any atom is -0.491 e. The number of nitrogens with zero attached hydrogens (tertiary/aromatic N) is 1. The smallest absolute Gasteiger partial charge is 0.248 e. The number of hydrogen-bond acceptors (Lipinski definition) is 5. The maximum atomic E-state index is 11.3. The number of para-hydroxylation sites is 1.